The zero-order valence-electron chi connectivity index (χ0n) is 11.6. The Morgan fingerprint density at radius 2 is 2.18 bits per heavy atom. The number of nitrogens with one attached hydrogen (secondary N) is 1. The van der Waals surface area contributed by atoms with E-state index in [1.54, 1.807) is 0 Å². The first kappa shape index (κ1) is 13.3. The lowest BCUT2D eigenvalue weighted by molar-refractivity contribution is 0.147. The van der Waals surface area contributed by atoms with Gasteiger partial charge in [-0.2, -0.15) is 0 Å². The molecule has 1 saturated carbocycles. The first-order chi connectivity index (χ1) is 7.95. The average Bonchev–Trinajstić information content (AvgIpc) is 2.88. The van der Waals surface area contributed by atoms with Crippen LogP contribution in [0.15, 0.2) is 0 Å². The molecule has 100 valence electrons. The molecule has 3 heteroatoms. The first-order valence-electron chi connectivity index (χ1n) is 7.01. The van der Waals surface area contributed by atoms with E-state index in [1.165, 1.54) is 19.3 Å². The molecule has 3 unspecified atom stereocenters. The van der Waals surface area contributed by atoms with Crippen LogP contribution in [0.5, 0.6) is 0 Å². The molecule has 0 aromatic heterocycles. The fraction of sp³-hybridized carbons (Fsp3) is 1.00. The highest BCUT2D eigenvalue weighted by atomic mass is 16.5. The van der Waals surface area contributed by atoms with Crippen LogP contribution in [0.2, 0.25) is 0 Å². The number of rotatable bonds is 4. The van der Waals surface area contributed by atoms with Gasteiger partial charge in [0.1, 0.15) is 0 Å². The second-order valence-electron chi connectivity index (χ2n) is 6.93. The van der Waals surface area contributed by atoms with Crippen LogP contribution in [0, 0.1) is 11.3 Å². The van der Waals surface area contributed by atoms with E-state index < -0.39 is 0 Å². The molecule has 2 fully saturated rings. The number of nitrogens with two attached hydrogens (primary N) is 1. The molecule has 1 saturated heterocycles. The molecule has 2 aliphatic rings. The fourth-order valence-corrected chi connectivity index (χ4v) is 3.41. The van der Waals surface area contributed by atoms with Gasteiger partial charge in [0.15, 0.2) is 0 Å². The van der Waals surface area contributed by atoms with Crippen LogP contribution in [-0.2, 0) is 4.74 Å². The Bertz CT molecular complexity index is 261. The van der Waals surface area contributed by atoms with Gasteiger partial charge in [0.2, 0.25) is 0 Å². The van der Waals surface area contributed by atoms with Gasteiger partial charge < -0.3 is 15.8 Å². The summed E-state index contributed by atoms with van der Waals surface area (Å²) in [6.45, 7) is 9.49. The zero-order valence-corrected chi connectivity index (χ0v) is 11.6. The molecule has 0 amide bonds. The summed E-state index contributed by atoms with van der Waals surface area (Å²) in [6, 6.07) is 0.638. The summed E-state index contributed by atoms with van der Waals surface area (Å²) in [5.74, 6) is 0.580. The molecular formula is C14H28N2O. The predicted octanol–water partition coefficient (Wildman–Crippen LogP) is 1.91. The van der Waals surface area contributed by atoms with E-state index in [1.807, 2.05) is 0 Å². The molecule has 2 rings (SSSR count). The van der Waals surface area contributed by atoms with Crippen LogP contribution < -0.4 is 11.1 Å². The first-order valence-corrected chi connectivity index (χ1v) is 7.01. The number of hydrogen-bond acceptors (Lipinski definition) is 3. The van der Waals surface area contributed by atoms with Crippen molar-refractivity contribution < 1.29 is 4.74 Å². The van der Waals surface area contributed by atoms with Gasteiger partial charge in [-0.25, -0.2) is 0 Å². The van der Waals surface area contributed by atoms with Crippen molar-refractivity contribution in [2.75, 3.05) is 19.8 Å². The van der Waals surface area contributed by atoms with Crippen LogP contribution >= 0.6 is 0 Å². The van der Waals surface area contributed by atoms with E-state index in [-0.39, 0.29) is 5.54 Å². The topological polar surface area (TPSA) is 47.3 Å². The highest BCUT2D eigenvalue weighted by molar-refractivity contribution is 4.98. The third-order valence-corrected chi connectivity index (χ3v) is 4.76. The van der Waals surface area contributed by atoms with Gasteiger partial charge in [-0.05, 0) is 38.0 Å². The molecule has 0 aromatic rings. The summed E-state index contributed by atoms with van der Waals surface area (Å²) in [6.07, 6.45) is 5.04. The van der Waals surface area contributed by atoms with Crippen LogP contribution in [0.25, 0.3) is 0 Å². The maximum absolute atomic E-state index is 6.01. The van der Waals surface area contributed by atoms with E-state index in [0.29, 0.717) is 23.9 Å². The lowest BCUT2D eigenvalue weighted by Crippen LogP contribution is -2.57. The van der Waals surface area contributed by atoms with Crippen LogP contribution in [0.4, 0.5) is 0 Å². The van der Waals surface area contributed by atoms with Crippen molar-refractivity contribution in [2.24, 2.45) is 17.1 Å². The van der Waals surface area contributed by atoms with Gasteiger partial charge in [-0.1, -0.05) is 13.8 Å². The van der Waals surface area contributed by atoms with Gasteiger partial charge in [0.25, 0.3) is 0 Å². The molecule has 3 atom stereocenters. The van der Waals surface area contributed by atoms with Crippen molar-refractivity contribution in [1.82, 2.24) is 5.32 Å². The van der Waals surface area contributed by atoms with E-state index >= 15 is 0 Å². The van der Waals surface area contributed by atoms with Crippen molar-refractivity contribution >= 4 is 0 Å². The van der Waals surface area contributed by atoms with Crippen LogP contribution in [-0.4, -0.2) is 31.3 Å². The van der Waals surface area contributed by atoms with Crippen molar-refractivity contribution in [2.45, 2.75) is 58.0 Å². The fourth-order valence-electron chi connectivity index (χ4n) is 3.41. The lowest BCUT2D eigenvalue weighted by Gasteiger charge is -2.38. The van der Waals surface area contributed by atoms with Crippen molar-refractivity contribution in [3.05, 3.63) is 0 Å². The van der Waals surface area contributed by atoms with Crippen molar-refractivity contribution in [3.8, 4) is 0 Å². The number of ether oxygens (including phenoxy) is 1. The van der Waals surface area contributed by atoms with Crippen LogP contribution in [0.1, 0.15) is 46.5 Å². The second-order valence-corrected chi connectivity index (χ2v) is 6.93. The quantitative estimate of drug-likeness (QED) is 0.789. The smallest absolute Gasteiger partial charge is 0.0513 e. The Kier molecular flexibility index (Phi) is 3.81. The third kappa shape index (κ3) is 3.01. The highest BCUT2D eigenvalue weighted by Crippen LogP contribution is 2.38. The molecule has 0 aromatic carbocycles. The van der Waals surface area contributed by atoms with Gasteiger partial charge in [0.05, 0.1) is 6.61 Å². The molecule has 1 aliphatic heterocycles. The molecule has 0 radical (unpaired) electrons. The van der Waals surface area contributed by atoms with E-state index in [2.05, 4.69) is 26.1 Å². The maximum atomic E-state index is 6.01. The van der Waals surface area contributed by atoms with Crippen molar-refractivity contribution in [3.63, 3.8) is 0 Å². The van der Waals surface area contributed by atoms with Gasteiger partial charge >= 0.3 is 0 Å². The zero-order chi connectivity index (χ0) is 12.5. The summed E-state index contributed by atoms with van der Waals surface area (Å²) >= 11 is 0. The monoisotopic (exact) mass is 240 g/mol. The minimum Gasteiger partial charge on any atom is -0.381 e. The van der Waals surface area contributed by atoms with Gasteiger partial charge in [-0.3, -0.25) is 0 Å². The third-order valence-electron chi connectivity index (χ3n) is 4.76. The molecule has 0 spiro atoms. The Hall–Kier alpha value is -0.120. The molecule has 17 heavy (non-hydrogen) atoms. The van der Waals surface area contributed by atoms with Gasteiger partial charge in [-0.15, -0.1) is 0 Å². The average molecular weight is 240 g/mol. The number of hydrogen-bond donors (Lipinski definition) is 2. The Labute approximate surface area is 105 Å². The summed E-state index contributed by atoms with van der Waals surface area (Å²) in [5.41, 5.74) is 6.57. The second kappa shape index (κ2) is 4.87. The molecule has 0 bridgehead atoms. The van der Waals surface area contributed by atoms with Crippen LogP contribution in [0.3, 0.4) is 0 Å². The maximum Gasteiger partial charge on any atom is 0.0513 e. The summed E-state index contributed by atoms with van der Waals surface area (Å²) in [4.78, 5) is 0. The Morgan fingerprint density at radius 3 is 2.65 bits per heavy atom. The molecule has 1 aliphatic carbocycles. The largest absolute Gasteiger partial charge is 0.381 e. The molecule has 3 N–H and O–H groups in total. The standard InChI is InChI=1S/C14H28N2O/c1-13(2)6-4-12(8-13)16-14(3,10-15)11-5-7-17-9-11/h11-12,16H,4-10,15H2,1-3H3. The van der Waals surface area contributed by atoms with Gasteiger partial charge in [0, 0.05) is 30.7 Å². The highest BCUT2D eigenvalue weighted by Gasteiger charge is 2.40. The Morgan fingerprint density at radius 1 is 1.41 bits per heavy atom. The lowest BCUT2D eigenvalue weighted by atomic mass is 9.83. The SMILES string of the molecule is CC1(C)CCC(NC(C)(CN)C2CCOC2)C1. The summed E-state index contributed by atoms with van der Waals surface area (Å²) in [7, 11) is 0. The van der Waals surface area contributed by atoms with E-state index in [4.69, 9.17) is 10.5 Å². The molecule has 1 heterocycles. The molecular weight excluding hydrogens is 212 g/mol. The molecule has 3 nitrogen and oxygen atoms in total. The minimum absolute atomic E-state index is 0.0571. The van der Waals surface area contributed by atoms with Crippen molar-refractivity contribution in [1.29, 1.82) is 0 Å². The summed E-state index contributed by atoms with van der Waals surface area (Å²) in [5, 5.41) is 3.83. The van der Waals surface area contributed by atoms with E-state index in [9.17, 15) is 0 Å². The predicted molar refractivity (Wildman–Crippen MR) is 70.9 cm³/mol. The normalized spacial score (nSPS) is 36.0. The van der Waals surface area contributed by atoms with E-state index in [0.717, 1.165) is 19.6 Å². The Balaban J connectivity index is 1.95. The minimum atomic E-state index is 0.0571. The summed E-state index contributed by atoms with van der Waals surface area (Å²) < 4.78 is 5.51.